The first-order valence-corrected chi connectivity index (χ1v) is 13.2. The summed E-state index contributed by atoms with van der Waals surface area (Å²) >= 11 is 18.7. The Hall–Kier alpha value is -2.28. The number of anilines is 3. The van der Waals surface area contributed by atoms with Crippen molar-refractivity contribution in [2.45, 2.75) is 29.8 Å². The Bertz CT molecular complexity index is 1250. The number of carbonyl (C=O) groups is 3. The van der Waals surface area contributed by atoms with E-state index in [4.69, 9.17) is 34.8 Å². The summed E-state index contributed by atoms with van der Waals surface area (Å²) in [7, 11) is 0. The zero-order chi connectivity index (χ0) is 28.3. The Morgan fingerprint density at radius 1 is 1.03 bits per heavy atom. The zero-order valence-corrected chi connectivity index (χ0v) is 22.2. The average molecular weight is 619 g/mol. The maximum absolute atomic E-state index is 14.9. The molecule has 0 heterocycles. The predicted molar refractivity (Wildman–Crippen MR) is 138 cm³/mol. The minimum absolute atomic E-state index is 0.00444. The second-order valence-electron chi connectivity index (χ2n) is 8.22. The molecule has 1 aliphatic carbocycles. The molecule has 1 unspecified atom stereocenters. The van der Waals surface area contributed by atoms with Gasteiger partial charge in [-0.1, -0.05) is 11.6 Å². The highest BCUT2D eigenvalue weighted by molar-refractivity contribution is 7.99. The number of benzene rings is 2. The lowest BCUT2D eigenvalue weighted by Gasteiger charge is -2.13. The van der Waals surface area contributed by atoms with Gasteiger partial charge in [-0.05, 0) is 36.8 Å². The van der Waals surface area contributed by atoms with Crippen LogP contribution in [-0.4, -0.2) is 39.7 Å². The Balaban J connectivity index is 1.64. The standard InChI is InChI=1S/C23H19Cl3F5N3O3S/c24-14-2-1-11(32-21(37)13-10-22(13,25)26)9-12(14)20(36)33-16-4-3-15(27)19(18(16)28)34-17(35)5-7-38-8-6-23(29,30)31/h1-4,9,13H,5-8,10H2,(H,32,37)(H,33,36)(H,34,35). The van der Waals surface area contributed by atoms with Gasteiger partial charge in [0, 0.05) is 23.6 Å². The summed E-state index contributed by atoms with van der Waals surface area (Å²) in [6.45, 7) is 0. The number of hydrogen-bond acceptors (Lipinski definition) is 4. The molecule has 38 heavy (non-hydrogen) atoms. The van der Waals surface area contributed by atoms with Crippen LogP contribution in [0, 0.1) is 17.6 Å². The summed E-state index contributed by atoms with van der Waals surface area (Å²) in [6, 6.07) is 5.73. The Morgan fingerprint density at radius 2 is 1.71 bits per heavy atom. The monoisotopic (exact) mass is 617 g/mol. The van der Waals surface area contributed by atoms with Gasteiger partial charge < -0.3 is 16.0 Å². The van der Waals surface area contributed by atoms with Gasteiger partial charge in [0.05, 0.1) is 28.6 Å². The van der Waals surface area contributed by atoms with Crippen LogP contribution in [0.5, 0.6) is 0 Å². The second-order valence-corrected chi connectivity index (χ2v) is 11.4. The van der Waals surface area contributed by atoms with E-state index in [2.05, 4.69) is 10.6 Å². The molecule has 1 saturated carbocycles. The molecule has 0 aromatic heterocycles. The van der Waals surface area contributed by atoms with Crippen molar-refractivity contribution in [3.63, 3.8) is 0 Å². The number of carbonyl (C=O) groups excluding carboxylic acids is 3. The van der Waals surface area contributed by atoms with E-state index in [1.807, 2.05) is 5.32 Å². The third-order valence-corrected chi connectivity index (χ3v) is 7.38. The van der Waals surface area contributed by atoms with Gasteiger partial charge in [-0.15, -0.1) is 23.2 Å². The fourth-order valence-electron chi connectivity index (χ4n) is 3.11. The van der Waals surface area contributed by atoms with Gasteiger partial charge in [-0.2, -0.15) is 24.9 Å². The first kappa shape index (κ1) is 30.3. The van der Waals surface area contributed by atoms with E-state index in [1.54, 1.807) is 0 Å². The highest BCUT2D eigenvalue weighted by Crippen LogP contribution is 2.53. The lowest BCUT2D eigenvalue weighted by Crippen LogP contribution is -2.19. The Kier molecular flexibility index (Phi) is 9.77. The smallest absolute Gasteiger partial charge is 0.326 e. The average Bonchev–Trinajstić information content (AvgIpc) is 3.47. The topological polar surface area (TPSA) is 87.3 Å². The summed E-state index contributed by atoms with van der Waals surface area (Å²) in [6.07, 6.45) is -5.36. The number of nitrogens with one attached hydrogen (secondary N) is 3. The first-order chi connectivity index (χ1) is 17.7. The van der Waals surface area contributed by atoms with E-state index in [9.17, 15) is 36.3 Å². The Morgan fingerprint density at radius 3 is 2.34 bits per heavy atom. The van der Waals surface area contributed by atoms with Gasteiger partial charge in [0.2, 0.25) is 11.8 Å². The van der Waals surface area contributed by atoms with Crippen molar-refractivity contribution in [1.82, 2.24) is 0 Å². The summed E-state index contributed by atoms with van der Waals surface area (Å²) < 4.78 is 64.5. The van der Waals surface area contributed by atoms with Crippen LogP contribution in [0.1, 0.15) is 29.6 Å². The molecule has 0 radical (unpaired) electrons. The molecule has 206 valence electrons. The molecular weight excluding hydrogens is 600 g/mol. The van der Waals surface area contributed by atoms with E-state index < -0.39 is 63.6 Å². The van der Waals surface area contributed by atoms with Gasteiger partial charge in [-0.3, -0.25) is 14.4 Å². The predicted octanol–water partition coefficient (Wildman–Crippen LogP) is 7.02. The van der Waals surface area contributed by atoms with Crippen LogP contribution in [-0.2, 0) is 9.59 Å². The van der Waals surface area contributed by atoms with Crippen molar-refractivity contribution < 1.29 is 36.3 Å². The summed E-state index contributed by atoms with van der Waals surface area (Å²) in [5, 5.41) is 6.78. The summed E-state index contributed by atoms with van der Waals surface area (Å²) in [4.78, 5) is 37.1. The maximum Gasteiger partial charge on any atom is 0.389 e. The molecule has 2 aromatic carbocycles. The number of thioether (sulfide) groups is 1. The van der Waals surface area contributed by atoms with E-state index in [0.717, 1.165) is 23.9 Å². The zero-order valence-electron chi connectivity index (χ0n) is 19.2. The van der Waals surface area contributed by atoms with Gasteiger partial charge in [0.15, 0.2) is 5.82 Å². The quantitative estimate of drug-likeness (QED) is 0.152. The molecule has 0 saturated heterocycles. The van der Waals surface area contributed by atoms with Crippen LogP contribution in [0.4, 0.5) is 39.0 Å². The Labute approximate surface area is 232 Å². The van der Waals surface area contributed by atoms with Crippen LogP contribution >= 0.6 is 46.6 Å². The number of hydrogen-bond donors (Lipinski definition) is 3. The van der Waals surface area contributed by atoms with Gasteiger partial charge in [0.25, 0.3) is 5.91 Å². The molecule has 0 spiro atoms. The van der Waals surface area contributed by atoms with Gasteiger partial charge in [0.1, 0.15) is 15.8 Å². The summed E-state index contributed by atoms with van der Waals surface area (Å²) in [5.74, 6) is -5.48. The van der Waals surface area contributed by atoms with Crippen molar-refractivity contribution in [2.24, 2.45) is 5.92 Å². The molecule has 6 nitrogen and oxygen atoms in total. The van der Waals surface area contributed by atoms with Crippen molar-refractivity contribution >= 4 is 81.3 Å². The van der Waals surface area contributed by atoms with E-state index in [0.29, 0.717) is 0 Å². The van der Waals surface area contributed by atoms with Crippen molar-refractivity contribution in [3.05, 3.63) is 52.6 Å². The second kappa shape index (κ2) is 12.3. The van der Waals surface area contributed by atoms with Crippen LogP contribution < -0.4 is 16.0 Å². The lowest BCUT2D eigenvalue weighted by molar-refractivity contribution is -0.129. The molecule has 3 rings (SSSR count). The molecule has 15 heteroatoms. The number of alkyl halides is 5. The first-order valence-electron chi connectivity index (χ1n) is 10.9. The van der Waals surface area contributed by atoms with E-state index in [1.165, 1.54) is 18.2 Å². The third kappa shape index (κ3) is 8.36. The highest BCUT2D eigenvalue weighted by atomic mass is 35.5. The molecular formula is C23H19Cl3F5N3O3S. The third-order valence-electron chi connectivity index (χ3n) is 5.23. The van der Waals surface area contributed by atoms with Crippen molar-refractivity contribution in [3.8, 4) is 0 Å². The molecule has 2 aromatic rings. The fraction of sp³-hybridized carbons (Fsp3) is 0.348. The van der Waals surface area contributed by atoms with Crippen molar-refractivity contribution in [2.75, 3.05) is 27.5 Å². The largest absolute Gasteiger partial charge is 0.389 e. The van der Waals surface area contributed by atoms with Crippen LogP contribution in [0.25, 0.3) is 0 Å². The maximum atomic E-state index is 14.9. The molecule has 1 fully saturated rings. The minimum Gasteiger partial charge on any atom is -0.326 e. The van der Waals surface area contributed by atoms with E-state index in [-0.39, 0.29) is 40.6 Å². The van der Waals surface area contributed by atoms with Gasteiger partial charge in [-0.25, -0.2) is 8.78 Å². The van der Waals surface area contributed by atoms with Crippen LogP contribution in [0.2, 0.25) is 5.02 Å². The molecule has 0 bridgehead atoms. The lowest BCUT2D eigenvalue weighted by atomic mass is 10.1. The minimum atomic E-state index is -4.32. The number of rotatable bonds is 10. The fourth-order valence-corrected chi connectivity index (χ4v) is 4.73. The van der Waals surface area contributed by atoms with Crippen LogP contribution in [0.15, 0.2) is 30.3 Å². The van der Waals surface area contributed by atoms with Crippen molar-refractivity contribution in [1.29, 1.82) is 0 Å². The normalized spacial score (nSPS) is 16.1. The molecule has 3 amide bonds. The number of amides is 3. The molecule has 1 aliphatic rings. The molecule has 3 N–H and O–H groups in total. The highest BCUT2D eigenvalue weighted by Gasteiger charge is 2.56. The molecule has 0 aliphatic heterocycles. The summed E-state index contributed by atoms with van der Waals surface area (Å²) in [5.41, 5.74) is -1.27. The van der Waals surface area contributed by atoms with Gasteiger partial charge >= 0.3 is 6.18 Å². The van der Waals surface area contributed by atoms with E-state index >= 15 is 0 Å². The number of halogens is 8. The molecule has 1 atom stereocenters. The SMILES string of the molecule is O=C(CCSCCC(F)(F)F)Nc1c(F)ccc(NC(=O)c2cc(NC(=O)C3CC3(Cl)Cl)ccc2Cl)c1F. The van der Waals surface area contributed by atoms with Crippen LogP contribution in [0.3, 0.4) is 0 Å².